The minimum absolute atomic E-state index is 0.0581. The largest absolute Gasteiger partial charge is 0.388 e. The van der Waals surface area contributed by atoms with E-state index in [9.17, 15) is 13.9 Å². The maximum atomic E-state index is 13.6. The molecule has 1 saturated heterocycles. The van der Waals surface area contributed by atoms with Crippen LogP contribution in [0.3, 0.4) is 0 Å². The van der Waals surface area contributed by atoms with Gasteiger partial charge in [-0.1, -0.05) is 19.1 Å². The summed E-state index contributed by atoms with van der Waals surface area (Å²) in [6.07, 6.45) is 1.88. The molecule has 1 heterocycles. The molecule has 1 aliphatic heterocycles. The second-order valence-corrected chi connectivity index (χ2v) is 5.84. The van der Waals surface area contributed by atoms with Crippen LogP contribution in [0.25, 0.3) is 0 Å². The quantitative estimate of drug-likeness (QED) is 0.914. The van der Waals surface area contributed by atoms with Crippen molar-refractivity contribution < 1.29 is 13.9 Å². The van der Waals surface area contributed by atoms with Crippen molar-refractivity contribution in [2.24, 2.45) is 5.92 Å². The third-order valence-corrected chi connectivity index (χ3v) is 4.53. The monoisotopic (exact) mass is 283 g/mol. The van der Waals surface area contributed by atoms with Gasteiger partial charge >= 0.3 is 0 Å². The third-order valence-electron chi connectivity index (χ3n) is 4.53. The van der Waals surface area contributed by atoms with Crippen LogP contribution >= 0.6 is 0 Å². The summed E-state index contributed by atoms with van der Waals surface area (Å²) in [5.74, 6) is -1.19. The summed E-state index contributed by atoms with van der Waals surface area (Å²) in [4.78, 5) is 2.33. The summed E-state index contributed by atoms with van der Waals surface area (Å²) < 4.78 is 26.8. The van der Waals surface area contributed by atoms with Gasteiger partial charge in [-0.2, -0.15) is 0 Å². The summed E-state index contributed by atoms with van der Waals surface area (Å²) in [7, 11) is 0. The molecule has 3 atom stereocenters. The molecule has 1 aromatic rings. The molecule has 2 rings (SSSR count). The summed E-state index contributed by atoms with van der Waals surface area (Å²) in [6.45, 7) is 6.16. The molecule has 0 radical (unpaired) electrons. The number of aliphatic hydroxyl groups excluding tert-OH is 1. The fourth-order valence-electron chi connectivity index (χ4n) is 2.96. The summed E-state index contributed by atoms with van der Waals surface area (Å²) >= 11 is 0. The van der Waals surface area contributed by atoms with Gasteiger partial charge in [0.2, 0.25) is 0 Å². The Hall–Kier alpha value is -1.00. The second kappa shape index (κ2) is 6.64. The molecule has 20 heavy (non-hydrogen) atoms. The van der Waals surface area contributed by atoms with Crippen molar-refractivity contribution in [3.8, 4) is 0 Å². The summed E-state index contributed by atoms with van der Waals surface area (Å²) in [6, 6.07) is 4.43. The molecule has 2 nitrogen and oxygen atoms in total. The van der Waals surface area contributed by atoms with E-state index in [4.69, 9.17) is 0 Å². The van der Waals surface area contributed by atoms with Crippen molar-refractivity contribution in [3.63, 3.8) is 0 Å². The molecule has 112 valence electrons. The molecular formula is C16H23F2NO. The van der Waals surface area contributed by atoms with E-state index in [1.807, 2.05) is 0 Å². The van der Waals surface area contributed by atoms with Crippen LogP contribution in [-0.4, -0.2) is 29.1 Å². The maximum Gasteiger partial charge on any atom is 0.164 e. The Labute approximate surface area is 119 Å². The number of hydrogen-bond donors (Lipinski definition) is 1. The average Bonchev–Trinajstić information content (AvgIpc) is 2.43. The van der Waals surface area contributed by atoms with E-state index >= 15 is 0 Å². The van der Waals surface area contributed by atoms with E-state index in [-0.39, 0.29) is 5.56 Å². The first-order chi connectivity index (χ1) is 9.50. The molecule has 4 heteroatoms. The molecule has 0 bridgehead atoms. The van der Waals surface area contributed by atoms with Gasteiger partial charge in [0, 0.05) is 18.2 Å². The Morgan fingerprint density at radius 3 is 2.85 bits per heavy atom. The molecule has 0 aliphatic carbocycles. The van der Waals surface area contributed by atoms with E-state index in [1.165, 1.54) is 18.6 Å². The highest BCUT2D eigenvalue weighted by atomic mass is 19.2. The van der Waals surface area contributed by atoms with Crippen molar-refractivity contribution in [1.82, 2.24) is 4.90 Å². The lowest BCUT2D eigenvalue weighted by Crippen LogP contribution is -2.43. The molecule has 0 amide bonds. The van der Waals surface area contributed by atoms with Crippen molar-refractivity contribution in [2.75, 3.05) is 13.1 Å². The van der Waals surface area contributed by atoms with Crippen molar-refractivity contribution >= 4 is 0 Å². The van der Waals surface area contributed by atoms with Crippen LogP contribution in [0.5, 0.6) is 0 Å². The molecule has 0 saturated carbocycles. The number of nitrogens with zero attached hydrogens (tertiary/aromatic N) is 1. The normalized spacial score (nSPS) is 25.6. The first-order valence-corrected chi connectivity index (χ1v) is 7.36. The summed E-state index contributed by atoms with van der Waals surface area (Å²) in [5, 5.41) is 10.1. The number of hydrogen-bond acceptors (Lipinski definition) is 2. The van der Waals surface area contributed by atoms with Gasteiger partial charge in [0.05, 0.1) is 6.10 Å². The number of aliphatic hydroxyl groups is 1. The number of benzene rings is 1. The minimum Gasteiger partial charge on any atom is -0.388 e. The average molecular weight is 283 g/mol. The first-order valence-electron chi connectivity index (χ1n) is 7.36. The highest BCUT2D eigenvalue weighted by Crippen LogP contribution is 2.26. The SMILES string of the molecule is CC1CCCN(CCC(O)c2cccc(F)c2F)C1C. The minimum atomic E-state index is -0.949. The van der Waals surface area contributed by atoms with Crippen LogP contribution in [0.1, 0.15) is 44.8 Å². The van der Waals surface area contributed by atoms with Crippen LogP contribution in [0.15, 0.2) is 18.2 Å². The molecule has 1 aromatic carbocycles. The van der Waals surface area contributed by atoms with Gasteiger partial charge in [-0.3, -0.25) is 0 Å². The third kappa shape index (κ3) is 3.36. The Morgan fingerprint density at radius 1 is 1.35 bits per heavy atom. The van der Waals surface area contributed by atoms with Crippen molar-refractivity contribution in [2.45, 2.75) is 45.3 Å². The smallest absolute Gasteiger partial charge is 0.164 e. The fourth-order valence-corrected chi connectivity index (χ4v) is 2.96. The van der Waals surface area contributed by atoms with Crippen LogP contribution in [0.2, 0.25) is 0 Å². The van der Waals surface area contributed by atoms with Crippen LogP contribution < -0.4 is 0 Å². The predicted octanol–water partition coefficient (Wildman–Crippen LogP) is 3.51. The highest BCUT2D eigenvalue weighted by molar-refractivity contribution is 5.21. The van der Waals surface area contributed by atoms with Crippen LogP contribution in [-0.2, 0) is 0 Å². The Kier molecular flexibility index (Phi) is 5.11. The Morgan fingerprint density at radius 2 is 2.10 bits per heavy atom. The van der Waals surface area contributed by atoms with Gasteiger partial charge in [-0.05, 0) is 44.7 Å². The number of rotatable bonds is 4. The Balaban J connectivity index is 1.95. The molecule has 1 N–H and O–H groups in total. The number of likely N-dealkylation sites (tertiary alicyclic amines) is 1. The van der Waals surface area contributed by atoms with Gasteiger partial charge in [0.15, 0.2) is 11.6 Å². The van der Waals surface area contributed by atoms with Gasteiger partial charge < -0.3 is 10.0 Å². The molecule has 1 fully saturated rings. The van der Waals surface area contributed by atoms with Crippen LogP contribution in [0.4, 0.5) is 8.78 Å². The summed E-state index contributed by atoms with van der Waals surface area (Å²) in [5.41, 5.74) is 0.0581. The molecular weight excluding hydrogens is 260 g/mol. The van der Waals surface area contributed by atoms with Crippen molar-refractivity contribution in [1.29, 1.82) is 0 Å². The fraction of sp³-hybridized carbons (Fsp3) is 0.625. The van der Waals surface area contributed by atoms with Gasteiger partial charge in [-0.25, -0.2) is 8.78 Å². The zero-order valence-corrected chi connectivity index (χ0v) is 12.1. The van der Waals surface area contributed by atoms with E-state index in [2.05, 4.69) is 18.7 Å². The lowest BCUT2D eigenvalue weighted by Gasteiger charge is -2.38. The molecule has 0 aromatic heterocycles. The lowest BCUT2D eigenvalue weighted by atomic mass is 9.91. The van der Waals surface area contributed by atoms with Gasteiger partial charge in [0.1, 0.15) is 0 Å². The van der Waals surface area contributed by atoms with E-state index in [0.29, 0.717) is 24.9 Å². The molecule has 0 spiro atoms. The zero-order valence-electron chi connectivity index (χ0n) is 12.1. The zero-order chi connectivity index (χ0) is 14.7. The van der Waals surface area contributed by atoms with Gasteiger partial charge in [0.25, 0.3) is 0 Å². The molecule has 1 aliphatic rings. The number of piperidine rings is 1. The van der Waals surface area contributed by atoms with Crippen LogP contribution in [0, 0.1) is 17.6 Å². The number of halogens is 2. The van der Waals surface area contributed by atoms with E-state index in [0.717, 1.165) is 19.0 Å². The Bertz CT molecular complexity index is 452. The molecule has 3 unspecified atom stereocenters. The topological polar surface area (TPSA) is 23.5 Å². The van der Waals surface area contributed by atoms with Crippen molar-refractivity contribution in [3.05, 3.63) is 35.4 Å². The lowest BCUT2D eigenvalue weighted by molar-refractivity contribution is 0.0826. The second-order valence-electron chi connectivity index (χ2n) is 5.84. The van der Waals surface area contributed by atoms with Gasteiger partial charge in [-0.15, -0.1) is 0 Å². The predicted molar refractivity (Wildman–Crippen MR) is 75.4 cm³/mol. The van der Waals surface area contributed by atoms with E-state index < -0.39 is 17.7 Å². The standard InChI is InChI=1S/C16H23F2NO/c1-11-5-4-9-19(12(11)2)10-8-15(20)13-6-3-7-14(17)16(13)18/h3,6-7,11-12,15,20H,4-5,8-10H2,1-2H3. The maximum absolute atomic E-state index is 13.6. The first kappa shape index (κ1) is 15.4. The van der Waals surface area contributed by atoms with E-state index in [1.54, 1.807) is 0 Å². The highest BCUT2D eigenvalue weighted by Gasteiger charge is 2.25.